The molecule has 1 rings (SSSR count). The fraction of sp³-hybridized carbons (Fsp3) is 0.400. The fourth-order valence-corrected chi connectivity index (χ4v) is 1.63. The third-order valence-corrected chi connectivity index (χ3v) is 2.90. The summed E-state index contributed by atoms with van der Waals surface area (Å²) in [6.45, 7) is 8.07. The Morgan fingerprint density at radius 2 is 2.04 bits per heavy atom. The van der Waals surface area contributed by atoms with Gasteiger partial charge in [0.2, 0.25) is 0 Å². The smallest absolute Gasteiger partial charge is 0.337 e. The summed E-state index contributed by atoms with van der Waals surface area (Å²) in [5.41, 5.74) is 6.41. The number of carbonyl (C=O) groups is 2. The number of aromatic nitrogens is 1. The Balaban J connectivity index is 2.92. The van der Waals surface area contributed by atoms with Gasteiger partial charge in [0.25, 0.3) is 5.91 Å². The van der Waals surface area contributed by atoms with Gasteiger partial charge in [-0.2, -0.15) is 0 Å². The maximum atomic E-state index is 11.9. The molecule has 1 aromatic rings. The summed E-state index contributed by atoms with van der Waals surface area (Å²) < 4.78 is 0. The summed E-state index contributed by atoms with van der Waals surface area (Å²) in [4.78, 5) is 26.9. The molecule has 0 radical (unpaired) electrons. The number of hydrogen-bond acceptors (Lipinski definition) is 6. The van der Waals surface area contributed by atoms with E-state index in [1.54, 1.807) is 6.92 Å². The third-order valence-electron chi connectivity index (χ3n) is 2.90. The Hall–Kier alpha value is -2.61. The number of hydrogen-bond donors (Lipinski definition) is 4. The molecule has 0 aliphatic heterocycles. The van der Waals surface area contributed by atoms with Crippen LogP contribution in [-0.2, 0) is 4.79 Å². The fourth-order valence-electron chi connectivity index (χ4n) is 1.63. The first kappa shape index (κ1) is 18.4. The van der Waals surface area contributed by atoms with E-state index >= 15 is 0 Å². The van der Waals surface area contributed by atoms with Crippen molar-refractivity contribution in [3.63, 3.8) is 0 Å². The van der Waals surface area contributed by atoms with Gasteiger partial charge in [-0.15, -0.1) is 0 Å². The summed E-state index contributed by atoms with van der Waals surface area (Å²) in [6.07, 6.45) is 2.46. The van der Waals surface area contributed by atoms with Gasteiger partial charge in [0, 0.05) is 12.7 Å². The number of carbonyl (C=O) groups excluding carboxylic acids is 1. The van der Waals surface area contributed by atoms with Crippen molar-refractivity contribution in [3.8, 4) is 0 Å². The molecule has 0 atom stereocenters. The Morgan fingerprint density at radius 1 is 1.43 bits per heavy atom. The number of carboxylic acid groups (broad SMARTS) is 1. The number of nitrogens with two attached hydrogens (primary N) is 2. The number of hydrazine groups is 1. The van der Waals surface area contributed by atoms with E-state index in [0.717, 1.165) is 5.01 Å². The Morgan fingerprint density at radius 3 is 2.57 bits per heavy atom. The molecule has 0 bridgehead atoms. The van der Waals surface area contributed by atoms with Crippen LogP contribution in [0.3, 0.4) is 0 Å². The maximum absolute atomic E-state index is 11.9. The standard InChI is InChI=1S/C15H23N5O3/c1-9-12(5-10(6-18-9)14(22)23)20(17)7-11(16)13(21)19-8-15(2,3)4/h5-7H,8,16-17H2,1-4H3,(H,19,21)(H,22,23)/b11-7-. The topological polar surface area (TPSA) is 135 Å². The third kappa shape index (κ3) is 5.59. The van der Waals surface area contributed by atoms with Gasteiger partial charge in [-0.25, -0.2) is 10.6 Å². The Labute approximate surface area is 135 Å². The molecule has 1 heterocycles. The molecule has 23 heavy (non-hydrogen) atoms. The normalized spacial score (nSPS) is 12.0. The Kier molecular flexibility index (Phi) is 5.69. The van der Waals surface area contributed by atoms with Gasteiger partial charge in [0.1, 0.15) is 5.70 Å². The van der Waals surface area contributed by atoms with Gasteiger partial charge < -0.3 is 16.2 Å². The van der Waals surface area contributed by atoms with Crippen LogP contribution in [0.1, 0.15) is 36.8 Å². The summed E-state index contributed by atoms with van der Waals surface area (Å²) in [7, 11) is 0. The van der Waals surface area contributed by atoms with Gasteiger partial charge in [-0.1, -0.05) is 20.8 Å². The van der Waals surface area contributed by atoms with Gasteiger partial charge in [0.15, 0.2) is 0 Å². The number of aromatic carboxylic acids is 1. The molecule has 0 unspecified atom stereocenters. The van der Waals surface area contributed by atoms with Gasteiger partial charge in [-0.3, -0.25) is 14.8 Å². The monoisotopic (exact) mass is 321 g/mol. The number of amides is 1. The highest BCUT2D eigenvalue weighted by Crippen LogP contribution is 2.18. The van der Waals surface area contributed by atoms with E-state index in [1.165, 1.54) is 18.5 Å². The molecule has 1 aromatic heterocycles. The van der Waals surface area contributed by atoms with Gasteiger partial charge in [-0.05, 0) is 18.4 Å². The molecular formula is C15H23N5O3. The van der Waals surface area contributed by atoms with Crippen molar-refractivity contribution in [2.45, 2.75) is 27.7 Å². The zero-order valence-electron chi connectivity index (χ0n) is 13.8. The van der Waals surface area contributed by atoms with Gasteiger partial charge in [0.05, 0.1) is 23.1 Å². The lowest BCUT2D eigenvalue weighted by Gasteiger charge is -2.20. The minimum atomic E-state index is -1.12. The van der Waals surface area contributed by atoms with E-state index in [2.05, 4.69) is 10.3 Å². The van der Waals surface area contributed by atoms with Crippen LogP contribution < -0.4 is 21.9 Å². The molecule has 1 amide bonds. The van der Waals surface area contributed by atoms with Crippen LogP contribution in [0.4, 0.5) is 5.69 Å². The molecule has 0 saturated heterocycles. The average molecular weight is 321 g/mol. The molecule has 8 nitrogen and oxygen atoms in total. The lowest BCUT2D eigenvalue weighted by Crippen LogP contribution is -2.37. The van der Waals surface area contributed by atoms with Crippen LogP contribution in [-0.4, -0.2) is 28.5 Å². The zero-order chi connectivity index (χ0) is 17.8. The van der Waals surface area contributed by atoms with Crippen LogP contribution in [0.25, 0.3) is 0 Å². The lowest BCUT2D eigenvalue weighted by molar-refractivity contribution is -0.117. The number of aryl methyl sites for hydroxylation is 1. The second-order valence-corrected chi connectivity index (χ2v) is 6.37. The van der Waals surface area contributed by atoms with Crippen molar-refractivity contribution in [2.24, 2.45) is 17.0 Å². The number of carboxylic acids is 1. The highest BCUT2D eigenvalue weighted by atomic mass is 16.4. The second kappa shape index (κ2) is 7.10. The molecule has 126 valence electrons. The average Bonchev–Trinajstić information content (AvgIpc) is 2.43. The number of nitrogens with zero attached hydrogens (tertiary/aromatic N) is 2. The minimum Gasteiger partial charge on any atom is -0.478 e. The number of pyridine rings is 1. The molecule has 6 N–H and O–H groups in total. The van der Waals surface area contributed by atoms with E-state index in [9.17, 15) is 9.59 Å². The van der Waals surface area contributed by atoms with Crippen LogP contribution >= 0.6 is 0 Å². The minimum absolute atomic E-state index is 0.00907. The first-order valence-corrected chi connectivity index (χ1v) is 7.00. The van der Waals surface area contributed by atoms with Crippen molar-refractivity contribution in [1.82, 2.24) is 10.3 Å². The number of rotatable bonds is 5. The van der Waals surface area contributed by atoms with Crippen LogP contribution in [0.15, 0.2) is 24.2 Å². The van der Waals surface area contributed by atoms with Crippen LogP contribution in [0.2, 0.25) is 0 Å². The first-order valence-electron chi connectivity index (χ1n) is 7.00. The van der Waals surface area contributed by atoms with E-state index in [1.807, 2.05) is 20.8 Å². The zero-order valence-corrected chi connectivity index (χ0v) is 13.8. The summed E-state index contributed by atoms with van der Waals surface area (Å²) in [5.74, 6) is 4.28. The lowest BCUT2D eigenvalue weighted by atomic mass is 9.97. The van der Waals surface area contributed by atoms with Gasteiger partial charge >= 0.3 is 5.97 Å². The maximum Gasteiger partial charge on any atom is 0.337 e. The van der Waals surface area contributed by atoms with Crippen LogP contribution in [0.5, 0.6) is 0 Å². The first-order chi connectivity index (χ1) is 10.5. The summed E-state index contributed by atoms with van der Waals surface area (Å²) in [6, 6.07) is 1.36. The molecule has 0 fully saturated rings. The molecule has 0 aromatic carbocycles. The molecule has 8 heteroatoms. The molecular weight excluding hydrogens is 298 g/mol. The predicted molar refractivity (Wildman–Crippen MR) is 87.3 cm³/mol. The number of anilines is 1. The van der Waals surface area contributed by atoms with Crippen molar-refractivity contribution in [1.29, 1.82) is 0 Å². The summed E-state index contributed by atoms with van der Waals surface area (Å²) in [5, 5.41) is 12.8. The van der Waals surface area contributed by atoms with Crippen molar-refractivity contribution >= 4 is 17.6 Å². The van der Waals surface area contributed by atoms with Crippen LogP contribution in [0, 0.1) is 12.3 Å². The van der Waals surface area contributed by atoms with Crippen molar-refractivity contribution in [2.75, 3.05) is 11.6 Å². The largest absolute Gasteiger partial charge is 0.478 e. The number of nitrogens with one attached hydrogen (secondary N) is 1. The predicted octanol–water partition coefficient (Wildman–Crippen LogP) is 0.731. The molecule has 0 spiro atoms. The molecule has 0 aliphatic rings. The highest BCUT2D eigenvalue weighted by molar-refractivity contribution is 5.93. The molecule has 0 aliphatic carbocycles. The Bertz CT molecular complexity index is 634. The van der Waals surface area contributed by atoms with E-state index < -0.39 is 11.9 Å². The molecule has 0 saturated carbocycles. The van der Waals surface area contributed by atoms with E-state index in [-0.39, 0.29) is 16.7 Å². The highest BCUT2D eigenvalue weighted by Gasteiger charge is 2.15. The SMILES string of the molecule is Cc1ncc(C(=O)O)cc1N(N)/C=C(\N)C(=O)NCC(C)(C)C. The summed E-state index contributed by atoms with van der Waals surface area (Å²) >= 11 is 0. The van der Waals surface area contributed by atoms with Crippen molar-refractivity contribution in [3.05, 3.63) is 35.4 Å². The quantitative estimate of drug-likeness (QED) is 0.357. The second-order valence-electron chi connectivity index (χ2n) is 6.37. The van der Waals surface area contributed by atoms with E-state index in [0.29, 0.717) is 17.9 Å². The van der Waals surface area contributed by atoms with Crippen molar-refractivity contribution < 1.29 is 14.7 Å². The van der Waals surface area contributed by atoms with E-state index in [4.69, 9.17) is 16.7 Å².